The van der Waals surface area contributed by atoms with Crippen LogP contribution in [-0.4, -0.2) is 32.2 Å². The van der Waals surface area contributed by atoms with E-state index in [4.69, 9.17) is 0 Å². The Morgan fingerprint density at radius 2 is 2.43 bits per heavy atom. The quantitative estimate of drug-likeness (QED) is 0.682. The summed E-state index contributed by atoms with van der Waals surface area (Å²) in [7, 11) is -0.668. The topological polar surface area (TPSA) is 57.8 Å². The van der Waals surface area contributed by atoms with Crippen LogP contribution >= 0.6 is 0 Å². The molecule has 0 aliphatic rings. The highest BCUT2D eigenvalue weighted by Gasteiger charge is 1.97. The van der Waals surface area contributed by atoms with E-state index < -0.39 is 10.8 Å². The maximum absolute atomic E-state index is 11.1. The molecule has 0 fully saturated rings. The Balaban J connectivity index is 2.13. The molecule has 1 atom stereocenters. The molecule has 0 saturated heterocycles. The van der Waals surface area contributed by atoms with E-state index >= 15 is 0 Å². The highest BCUT2D eigenvalue weighted by Crippen LogP contribution is 1.94. The van der Waals surface area contributed by atoms with Gasteiger partial charge >= 0.3 is 0 Å². The van der Waals surface area contributed by atoms with Crippen LogP contribution in [0.5, 0.6) is 0 Å². The minimum atomic E-state index is -0.668. The first-order chi connectivity index (χ1) is 6.72. The molecule has 0 aromatic carbocycles. The maximum atomic E-state index is 11.1. The van der Waals surface area contributed by atoms with Crippen LogP contribution < -0.4 is 5.32 Å². The molecule has 0 bridgehead atoms. The molecule has 1 unspecified atom stereocenters. The second-order valence-corrected chi connectivity index (χ2v) is 4.97. The lowest BCUT2D eigenvalue weighted by Gasteiger charge is -2.01. The van der Waals surface area contributed by atoms with Gasteiger partial charge in [0.1, 0.15) is 5.82 Å². The number of nitrogens with one attached hydrogen (secondary N) is 2. The third kappa shape index (κ3) is 4.02. The molecule has 5 heteroatoms. The number of nitrogens with zero attached hydrogens (tertiary/aromatic N) is 1. The van der Waals surface area contributed by atoms with Gasteiger partial charge in [-0.3, -0.25) is 4.21 Å². The number of imidazole rings is 1. The third-order valence-electron chi connectivity index (χ3n) is 1.90. The van der Waals surface area contributed by atoms with Crippen LogP contribution in [0.4, 0.5) is 0 Å². The van der Waals surface area contributed by atoms with Gasteiger partial charge in [0.05, 0.1) is 0 Å². The minimum Gasteiger partial charge on any atom is -0.345 e. The van der Waals surface area contributed by atoms with Crippen molar-refractivity contribution in [1.29, 1.82) is 0 Å². The Morgan fingerprint density at radius 3 is 3.00 bits per heavy atom. The first kappa shape index (κ1) is 11.4. The van der Waals surface area contributed by atoms with Crippen LogP contribution in [0, 0.1) is 6.92 Å². The summed E-state index contributed by atoms with van der Waals surface area (Å²) < 4.78 is 11.1. The second kappa shape index (κ2) is 5.93. The van der Waals surface area contributed by atoms with Crippen molar-refractivity contribution >= 4 is 10.8 Å². The fourth-order valence-corrected chi connectivity index (χ4v) is 1.78. The zero-order valence-electron chi connectivity index (χ0n) is 8.67. The van der Waals surface area contributed by atoms with Crippen molar-refractivity contribution in [2.75, 3.05) is 18.1 Å². The van der Waals surface area contributed by atoms with Crippen molar-refractivity contribution in [3.8, 4) is 0 Å². The van der Waals surface area contributed by atoms with Gasteiger partial charge in [0.25, 0.3) is 0 Å². The molecule has 1 heterocycles. The number of aryl methyl sites for hydroxylation is 1. The molecule has 80 valence electrons. The second-order valence-electron chi connectivity index (χ2n) is 3.10. The summed E-state index contributed by atoms with van der Waals surface area (Å²) in [5, 5.41) is 3.22. The summed E-state index contributed by atoms with van der Waals surface area (Å²) in [6.07, 6.45) is 1.82. The van der Waals surface area contributed by atoms with Crippen molar-refractivity contribution in [3.05, 3.63) is 17.7 Å². The largest absolute Gasteiger partial charge is 0.345 e. The Labute approximate surface area is 87.0 Å². The molecule has 0 saturated carbocycles. The molecule has 0 spiro atoms. The average Bonchev–Trinajstić information content (AvgIpc) is 2.58. The van der Waals surface area contributed by atoms with Crippen LogP contribution in [0.1, 0.15) is 18.4 Å². The number of hydrogen-bond donors (Lipinski definition) is 2. The number of aromatic amines is 1. The first-order valence-electron chi connectivity index (χ1n) is 4.78. The van der Waals surface area contributed by atoms with Crippen LogP contribution in [0.3, 0.4) is 0 Å². The van der Waals surface area contributed by atoms with E-state index in [0.29, 0.717) is 0 Å². The smallest absolute Gasteiger partial charge is 0.103 e. The fraction of sp³-hybridized carbons (Fsp3) is 0.667. The fourth-order valence-electron chi connectivity index (χ4n) is 1.11. The van der Waals surface area contributed by atoms with Crippen molar-refractivity contribution in [2.24, 2.45) is 0 Å². The van der Waals surface area contributed by atoms with Gasteiger partial charge in [-0.1, -0.05) is 6.92 Å². The Kier molecular flexibility index (Phi) is 4.82. The van der Waals surface area contributed by atoms with E-state index in [1.54, 1.807) is 0 Å². The highest BCUT2D eigenvalue weighted by atomic mass is 32.2. The van der Waals surface area contributed by atoms with Gasteiger partial charge in [0, 0.05) is 47.3 Å². The van der Waals surface area contributed by atoms with Gasteiger partial charge in [0.15, 0.2) is 0 Å². The molecule has 2 N–H and O–H groups in total. The van der Waals surface area contributed by atoms with E-state index in [2.05, 4.69) is 15.3 Å². The van der Waals surface area contributed by atoms with E-state index in [9.17, 15) is 4.21 Å². The molecule has 14 heavy (non-hydrogen) atoms. The van der Waals surface area contributed by atoms with Crippen molar-refractivity contribution in [3.63, 3.8) is 0 Å². The molecule has 1 aromatic heterocycles. The van der Waals surface area contributed by atoms with E-state index in [1.165, 1.54) is 0 Å². The van der Waals surface area contributed by atoms with E-state index in [-0.39, 0.29) is 0 Å². The molecule has 1 rings (SSSR count). The lowest BCUT2D eigenvalue weighted by molar-refractivity contribution is 0.671. The SMILES string of the molecule is CCS(=O)CCNCc1cnc(C)[nH]1. The Hall–Kier alpha value is -0.680. The number of rotatable bonds is 6. The summed E-state index contributed by atoms with van der Waals surface area (Å²) in [4.78, 5) is 7.22. The Bertz CT molecular complexity index is 298. The predicted molar refractivity (Wildman–Crippen MR) is 58.6 cm³/mol. The van der Waals surface area contributed by atoms with Gasteiger partial charge in [-0.15, -0.1) is 0 Å². The molecular formula is C9H17N3OS. The predicted octanol–water partition coefficient (Wildman–Crippen LogP) is 0.576. The van der Waals surface area contributed by atoms with E-state index in [1.807, 2.05) is 20.0 Å². The molecular weight excluding hydrogens is 198 g/mol. The highest BCUT2D eigenvalue weighted by molar-refractivity contribution is 7.84. The third-order valence-corrected chi connectivity index (χ3v) is 3.20. The van der Waals surface area contributed by atoms with Gasteiger partial charge in [0.2, 0.25) is 0 Å². The van der Waals surface area contributed by atoms with Crippen LogP contribution in [0.25, 0.3) is 0 Å². The minimum absolute atomic E-state index is 0.668. The number of H-pyrrole nitrogens is 1. The zero-order chi connectivity index (χ0) is 10.4. The molecule has 0 aliphatic carbocycles. The van der Waals surface area contributed by atoms with Crippen molar-refractivity contribution in [2.45, 2.75) is 20.4 Å². The van der Waals surface area contributed by atoms with Crippen LogP contribution in [0.15, 0.2) is 6.20 Å². The Morgan fingerprint density at radius 1 is 1.64 bits per heavy atom. The molecule has 1 aromatic rings. The van der Waals surface area contributed by atoms with Gasteiger partial charge < -0.3 is 10.3 Å². The van der Waals surface area contributed by atoms with Gasteiger partial charge in [-0.2, -0.15) is 0 Å². The first-order valence-corrected chi connectivity index (χ1v) is 6.27. The monoisotopic (exact) mass is 215 g/mol. The number of hydrogen-bond acceptors (Lipinski definition) is 3. The summed E-state index contributed by atoms with van der Waals surface area (Å²) >= 11 is 0. The summed E-state index contributed by atoms with van der Waals surface area (Å²) in [6, 6.07) is 0. The van der Waals surface area contributed by atoms with Gasteiger partial charge in [-0.05, 0) is 6.92 Å². The standard InChI is InChI=1S/C9H17N3OS/c1-3-14(13)5-4-10-6-9-7-11-8(2)12-9/h7,10H,3-6H2,1-2H3,(H,11,12). The molecule has 0 aliphatic heterocycles. The van der Waals surface area contributed by atoms with Gasteiger partial charge in [-0.25, -0.2) is 4.98 Å². The summed E-state index contributed by atoms with van der Waals surface area (Å²) in [6.45, 7) is 5.42. The lowest BCUT2D eigenvalue weighted by Crippen LogP contribution is -2.20. The zero-order valence-corrected chi connectivity index (χ0v) is 9.49. The summed E-state index contributed by atoms with van der Waals surface area (Å²) in [5.41, 5.74) is 1.07. The van der Waals surface area contributed by atoms with E-state index in [0.717, 1.165) is 36.1 Å². The van der Waals surface area contributed by atoms with Crippen LogP contribution in [-0.2, 0) is 17.3 Å². The normalized spacial score (nSPS) is 13.0. The van der Waals surface area contributed by atoms with Crippen LogP contribution in [0.2, 0.25) is 0 Å². The average molecular weight is 215 g/mol. The maximum Gasteiger partial charge on any atom is 0.103 e. The summed E-state index contributed by atoms with van der Waals surface area (Å²) in [5.74, 6) is 2.40. The molecule has 0 radical (unpaired) electrons. The lowest BCUT2D eigenvalue weighted by atomic mass is 10.5. The van der Waals surface area contributed by atoms with Crippen molar-refractivity contribution in [1.82, 2.24) is 15.3 Å². The molecule has 4 nitrogen and oxygen atoms in total. The van der Waals surface area contributed by atoms with Crippen molar-refractivity contribution < 1.29 is 4.21 Å². The molecule has 0 amide bonds. The number of aromatic nitrogens is 2.